The molecule has 1 aliphatic rings. The van der Waals surface area contributed by atoms with Crippen molar-refractivity contribution >= 4 is 23.2 Å². The molecule has 2 aromatic carbocycles. The molecule has 0 spiro atoms. The van der Waals surface area contributed by atoms with Gasteiger partial charge in [0, 0.05) is 16.1 Å². The summed E-state index contributed by atoms with van der Waals surface area (Å²) < 4.78 is 5.52. The molecule has 0 saturated heterocycles. The van der Waals surface area contributed by atoms with E-state index in [1.807, 2.05) is 19.1 Å². The standard InChI is InChI=1S/C20H16ClN3O3/c1-10-18-14-7-6-13(25)8-15(14)19(11-2-4-12(21)5-3-11)23-16(9-17(22)26)20(18)27-24-10/h2-8,16,25H,9H2,1H3,(H2,22,26). The molecular formula is C20H16ClN3O3. The van der Waals surface area contributed by atoms with E-state index >= 15 is 0 Å². The number of aliphatic imine (C=N–C) groups is 1. The zero-order valence-corrected chi connectivity index (χ0v) is 15.2. The average molecular weight is 382 g/mol. The number of halogens is 1. The lowest BCUT2D eigenvalue weighted by Crippen LogP contribution is -2.15. The SMILES string of the molecule is Cc1noc2c1-c1ccc(O)cc1C(c1ccc(Cl)cc1)=NC2CC(N)=O. The van der Waals surface area contributed by atoms with Gasteiger partial charge in [0.05, 0.1) is 23.4 Å². The van der Waals surface area contributed by atoms with Crippen molar-refractivity contribution in [3.63, 3.8) is 0 Å². The summed E-state index contributed by atoms with van der Waals surface area (Å²) in [6, 6.07) is 11.6. The predicted octanol–water partition coefficient (Wildman–Crippen LogP) is 3.78. The molecule has 7 heteroatoms. The van der Waals surface area contributed by atoms with E-state index in [-0.39, 0.29) is 12.2 Å². The van der Waals surface area contributed by atoms with Crippen LogP contribution in [0, 0.1) is 6.92 Å². The molecule has 3 aromatic rings. The number of aryl methyl sites for hydroxylation is 1. The maximum atomic E-state index is 11.6. The topological polar surface area (TPSA) is 102 Å². The van der Waals surface area contributed by atoms with Crippen LogP contribution in [-0.4, -0.2) is 21.9 Å². The van der Waals surface area contributed by atoms with E-state index in [1.54, 1.807) is 30.3 Å². The number of aromatic hydroxyl groups is 1. The van der Waals surface area contributed by atoms with Gasteiger partial charge in [0.15, 0.2) is 5.76 Å². The maximum Gasteiger partial charge on any atom is 0.220 e. The lowest BCUT2D eigenvalue weighted by Gasteiger charge is -2.12. The molecule has 0 saturated carbocycles. The summed E-state index contributed by atoms with van der Waals surface area (Å²) in [6.45, 7) is 1.83. The molecule has 27 heavy (non-hydrogen) atoms. The van der Waals surface area contributed by atoms with Gasteiger partial charge in [-0.25, -0.2) is 0 Å². The molecule has 0 bridgehead atoms. The van der Waals surface area contributed by atoms with Crippen molar-refractivity contribution < 1.29 is 14.4 Å². The fourth-order valence-electron chi connectivity index (χ4n) is 3.34. The van der Waals surface area contributed by atoms with Gasteiger partial charge in [-0.1, -0.05) is 28.9 Å². The number of hydrogen-bond donors (Lipinski definition) is 2. The second kappa shape index (κ2) is 6.55. The van der Waals surface area contributed by atoms with Gasteiger partial charge in [-0.05, 0) is 42.8 Å². The Balaban J connectivity index is 2.02. The Labute approximate surface area is 160 Å². The molecule has 2 heterocycles. The zero-order valence-electron chi connectivity index (χ0n) is 14.4. The number of benzene rings is 2. The Morgan fingerprint density at radius 1 is 1.22 bits per heavy atom. The first-order valence-electron chi connectivity index (χ1n) is 8.36. The van der Waals surface area contributed by atoms with E-state index in [4.69, 9.17) is 26.9 Å². The van der Waals surface area contributed by atoms with E-state index < -0.39 is 11.9 Å². The van der Waals surface area contributed by atoms with E-state index in [1.165, 1.54) is 0 Å². The highest BCUT2D eigenvalue weighted by Crippen LogP contribution is 2.41. The third-order valence-corrected chi connectivity index (χ3v) is 4.77. The number of carbonyl (C=O) groups is 1. The van der Waals surface area contributed by atoms with E-state index in [0.29, 0.717) is 22.2 Å². The fraction of sp³-hybridized carbons (Fsp3) is 0.150. The third-order valence-electron chi connectivity index (χ3n) is 4.52. The minimum absolute atomic E-state index is 0.0152. The Hall–Kier alpha value is -3.12. The highest BCUT2D eigenvalue weighted by Gasteiger charge is 2.31. The summed E-state index contributed by atoms with van der Waals surface area (Å²) in [5.41, 5.74) is 9.85. The molecule has 6 nitrogen and oxygen atoms in total. The van der Waals surface area contributed by atoms with Crippen LogP contribution in [0.2, 0.25) is 5.02 Å². The van der Waals surface area contributed by atoms with E-state index in [9.17, 15) is 9.90 Å². The Morgan fingerprint density at radius 2 is 1.96 bits per heavy atom. The molecule has 136 valence electrons. The largest absolute Gasteiger partial charge is 0.508 e. The van der Waals surface area contributed by atoms with Crippen LogP contribution in [0.25, 0.3) is 11.1 Å². The molecule has 1 amide bonds. The maximum absolute atomic E-state index is 11.6. The van der Waals surface area contributed by atoms with Gasteiger partial charge in [0.25, 0.3) is 0 Å². The Bertz CT molecular complexity index is 1070. The summed E-state index contributed by atoms with van der Waals surface area (Å²) in [5, 5.41) is 14.7. The molecule has 0 radical (unpaired) electrons. The fourth-order valence-corrected chi connectivity index (χ4v) is 3.47. The molecule has 1 aliphatic heterocycles. The van der Waals surface area contributed by atoms with Gasteiger partial charge in [-0.3, -0.25) is 9.79 Å². The summed E-state index contributed by atoms with van der Waals surface area (Å²) in [5.74, 6) is 0.106. The van der Waals surface area contributed by atoms with Crippen LogP contribution in [-0.2, 0) is 4.79 Å². The van der Waals surface area contributed by atoms with Crippen molar-refractivity contribution in [1.82, 2.24) is 5.16 Å². The first-order valence-corrected chi connectivity index (χ1v) is 8.74. The van der Waals surface area contributed by atoms with Crippen molar-refractivity contribution in [2.75, 3.05) is 0 Å². The van der Waals surface area contributed by atoms with Crippen molar-refractivity contribution in [3.05, 3.63) is 70.1 Å². The monoisotopic (exact) mass is 381 g/mol. The average Bonchev–Trinajstić information content (AvgIpc) is 2.94. The van der Waals surface area contributed by atoms with Crippen LogP contribution in [0.3, 0.4) is 0 Å². The number of nitrogens with two attached hydrogens (primary N) is 1. The smallest absolute Gasteiger partial charge is 0.220 e. The Morgan fingerprint density at radius 3 is 2.67 bits per heavy atom. The summed E-state index contributed by atoms with van der Waals surface area (Å²) in [4.78, 5) is 16.4. The number of fused-ring (bicyclic) bond motifs is 3. The minimum atomic E-state index is -0.612. The van der Waals surface area contributed by atoms with Crippen LogP contribution in [0.4, 0.5) is 0 Å². The van der Waals surface area contributed by atoms with Gasteiger partial charge in [-0.15, -0.1) is 0 Å². The number of nitrogens with zero attached hydrogens (tertiary/aromatic N) is 2. The lowest BCUT2D eigenvalue weighted by atomic mass is 9.92. The summed E-state index contributed by atoms with van der Waals surface area (Å²) in [6.07, 6.45) is -0.0152. The number of amides is 1. The second-order valence-corrected chi connectivity index (χ2v) is 6.84. The van der Waals surface area contributed by atoms with Crippen LogP contribution in [0.1, 0.15) is 35.0 Å². The minimum Gasteiger partial charge on any atom is -0.508 e. The number of hydrogen-bond acceptors (Lipinski definition) is 5. The normalized spacial score (nSPS) is 15.5. The molecule has 1 unspecified atom stereocenters. The van der Waals surface area contributed by atoms with Crippen LogP contribution in [0.15, 0.2) is 52.0 Å². The highest BCUT2D eigenvalue weighted by atomic mass is 35.5. The Kier molecular flexibility index (Phi) is 4.20. The summed E-state index contributed by atoms with van der Waals surface area (Å²) in [7, 11) is 0. The number of aromatic nitrogens is 1. The molecule has 0 aliphatic carbocycles. The second-order valence-electron chi connectivity index (χ2n) is 6.41. The lowest BCUT2D eigenvalue weighted by molar-refractivity contribution is -0.118. The number of phenolic OH excluding ortho intramolecular Hbond substituents is 1. The predicted molar refractivity (Wildman–Crippen MR) is 102 cm³/mol. The van der Waals surface area contributed by atoms with Gasteiger partial charge in [-0.2, -0.15) is 0 Å². The third kappa shape index (κ3) is 3.08. The molecular weight excluding hydrogens is 366 g/mol. The van der Waals surface area contributed by atoms with Gasteiger partial charge >= 0.3 is 0 Å². The van der Waals surface area contributed by atoms with Gasteiger partial charge in [0.2, 0.25) is 5.91 Å². The molecule has 4 rings (SSSR count). The number of phenols is 1. The van der Waals surface area contributed by atoms with Crippen molar-refractivity contribution in [1.29, 1.82) is 0 Å². The number of carbonyl (C=O) groups excluding carboxylic acids is 1. The summed E-state index contributed by atoms with van der Waals surface area (Å²) >= 11 is 6.02. The number of primary amides is 1. The number of rotatable bonds is 3. The van der Waals surface area contributed by atoms with E-state index in [2.05, 4.69) is 5.16 Å². The van der Waals surface area contributed by atoms with E-state index in [0.717, 1.165) is 22.3 Å². The van der Waals surface area contributed by atoms with Gasteiger partial charge < -0.3 is 15.4 Å². The van der Waals surface area contributed by atoms with Crippen LogP contribution < -0.4 is 5.73 Å². The van der Waals surface area contributed by atoms with Crippen molar-refractivity contribution in [3.8, 4) is 16.9 Å². The zero-order chi connectivity index (χ0) is 19.1. The first kappa shape index (κ1) is 17.3. The van der Waals surface area contributed by atoms with Crippen molar-refractivity contribution in [2.24, 2.45) is 10.7 Å². The molecule has 1 atom stereocenters. The first-order chi connectivity index (χ1) is 12.9. The van der Waals surface area contributed by atoms with Crippen LogP contribution >= 0.6 is 11.6 Å². The van der Waals surface area contributed by atoms with Crippen molar-refractivity contribution in [2.45, 2.75) is 19.4 Å². The quantitative estimate of drug-likeness (QED) is 0.720. The molecule has 3 N–H and O–H groups in total. The molecule has 0 fully saturated rings. The van der Waals surface area contributed by atoms with Crippen LogP contribution in [0.5, 0.6) is 5.75 Å². The highest BCUT2D eigenvalue weighted by molar-refractivity contribution is 6.30. The van der Waals surface area contributed by atoms with Gasteiger partial charge in [0.1, 0.15) is 11.8 Å². The molecule has 1 aromatic heterocycles.